The van der Waals surface area contributed by atoms with Gasteiger partial charge in [0.1, 0.15) is 11.3 Å². The molecule has 1 aliphatic heterocycles. The van der Waals surface area contributed by atoms with Crippen molar-refractivity contribution in [3.8, 4) is 0 Å². The highest BCUT2D eigenvalue weighted by atomic mass is 19.4. The van der Waals surface area contributed by atoms with E-state index in [1.54, 1.807) is 19.3 Å². The lowest BCUT2D eigenvalue weighted by molar-refractivity contribution is -0.337. The number of pyridine rings is 1. The number of halogens is 3. The molecule has 0 N–H and O–H groups in total. The van der Waals surface area contributed by atoms with Crippen molar-refractivity contribution < 1.29 is 17.9 Å². The Morgan fingerprint density at radius 2 is 1.86 bits per heavy atom. The van der Waals surface area contributed by atoms with Crippen molar-refractivity contribution >= 4 is 10.9 Å². The van der Waals surface area contributed by atoms with E-state index in [0.29, 0.717) is 36.4 Å². The highest BCUT2D eigenvalue weighted by molar-refractivity contribution is 5.81. The van der Waals surface area contributed by atoms with E-state index in [1.165, 1.54) is 28.6 Å². The third-order valence-electron chi connectivity index (χ3n) is 8.08. The van der Waals surface area contributed by atoms with Gasteiger partial charge in [-0.2, -0.15) is 18.3 Å². The fourth-order valence-corrected chi connectivity index (χ4v) is 6.12. The van der Waals surface area contributed by atoms with Gasteiger partial charge in [0.2, 0.25) is 5.56 Å². The van der Waals surface area contributed by atoms with E-state index in [2.05, 4.69) is 10.1 Å². The van der Waals surface area contributed by atoms with Gasteiger partial charge >= 0.3 is 6.18 Å². The lowest BCUT2D eigenvalue weighted by atomic mass is 9.33. The summed E-state index contributed by atoms with van der Waals surface area (Å²) in [6.45, 7) is 0.436. The minimum absolute atomic E-state index is 0.0152. The molecule has 7 rings (SSSR count). The number of aryl methyl sites for hydroxylation is 2. The maximum atomic E-state index is 13.5. The summed E-state index contributed by atoms with van der Waals surface area (Å²) in [4.78, 5) is 34.1. The predicted molar refractivity (Wildman–Crippen MR) is 119 cm³/mol. The molecule has 1 saturated heterocycles. The summed E-state index contributed by atoms with van der Waals surface area (Å²) in [5, 5.41) is 4.52. The van der Waals surface area contributed by atoms with Crippen LogP contribution in [0.2, 0.25) is 0 Å². The SMILES string of the molecule is Cn1cc(C2CC(c3nc(C45CC(C(F)(F)F)(C4)C5)c4cnn(C)c(=O)c4n3)CCO2)ccc1=O. The molecule has 2 unspecified atom stereocenters. The Morgan fingerprint density at radius 3 is 2.54 bits per heavy atom. The number of alkyl halides is 3. The van der Waals surface area contributed by atoms with Gasteiger partial charge in [-0.3, -0.25) is 9.59 Å². The van der Waals surface area contributed by atoms with Crippen LogP contribution in [-0.2, 0) is 24.2 Å². The molecule has 3 aromatic rings. The van der Waals surface area contributed by atoms with Crippen LogP contribution in [0.25, 0.3) is 10.9 Å². The molecule has 2 atom stereocenters. The average molecular weight is 487 g/mol. The molecular weight excluding hydrogens is 463 g/mol. The van der Waals surface area contributed by atoms with Crippen molar-refractivity contribution in [1.82, 2.24) is 24.3 Å². The fourth-order valence-electron chi connectivity index (χ4n) is 6.12. The molecule has 2 bridgehead atoms. The van der Waals surface area contributed by atoms with E-state index in [4.69, 9.17) is 9.72 Å². The van der Waals surface area contributed by atoms with Gasteiger partial charge < -0.3 is 9.30 Å². The van der Waals surface area contributed by atoms with Crippen molar-refractivity contribution in [2.75, 3.05) is 6.61 Å². The second-order valence-electron chi connectivity index (χ2n) is 10.3. The molecule has 0 aromatic carbocycles. The first-order valence-electron chi connectivity index (χ1n) is 11.6. The third kappa shape index (κ3) is 3.20. The second-order valence-corrected chi connectivity index (χ2v) is 10.3. The molecule has 35 heavy (non-hydrogen) atoms. The summed E-state index contributed by atoms with van der Waals surface area (Å²) in [5.74, 6) is 0.315. The summed E-state index contributed by atoms with van der Waals surface area (Å²) in [6.07, 6.45) is -0.178. The topological polar surface area (TPSA) is 91.9 Å². The number of fused-ring (bicyclic) bond motifs is 1. The Kier molecular flexibility index (Phi) is 4.62. The summed E-state index contributed by atoms with van der Waals surface area (Å²) >= 11 is 0. The minimum Gasteiger partial charge on any atom is -0.373 e. The first-order chi connectivity index (χ1) is 16.5. The molecule has 8 nitrogen and oxygen atoms in total. The zero-order valence-corrected chi connectivity index (χ0v) is 19.3. The van der Waals surface area contributed by atoms with Crippen LogP contribution in [0.5, 0.6) is 0 Å². The Bertz CT molecular complexity index is 1460. The summed E-state index contributed by atoms with van der Waals surface area (Å²) < 4.78 is 49.2. The van der Waals surface area contributed by atoms with E-state index in [9.17, 15) is 22.8 Å². The molecule has 184 valence electrons. The lowest BCUT2D eigenvalue weighted by Gasteiger charge is -2.70. The highest BCUT2D eigenvalue weighted by Gasteiger charge is 2.79. The van der Waals surface area contributed by atoms with Crippen molar-refractivity contribution in [1.29, 1.82) is 0 Å². The van der Waals surface area contributed by atoms with Crippen LogP contribution in [0.4, 0.5) is 13.2 Å². The fraction of sp³-hybridized carbons (Fsp3) is 0.542. The standard InChI is InChI=1S/C24H24F3N5O3/c1-31-9-14(3-4-17(31)33)16-7-13(5-6-35-16)20-29-18-15(8-28-32(2)21(18)34)19(30-20)22-10-23(11-22,12-22)24(25,26)27/h3-4,8-9,13,16H,5-7,10-12H2,1-2H3. The van der Waals surface area contributed by atoms with Gasteiger partial charge in [-0.25, -0.2) is 14.6 Å². The van der Waals surface area contributed by atoms with E-state index in [-0.39, 0.29) is 42.4 Å². The number of rotatable bonds is 3. The Balaban J connectivity index is 1.40. The number of nitrogens with zero attached hydrogens (tertiary/aromatic N) is 5. The zero-order chi connectivity index (χ0) is 24.8. The van der Waals surface area contributed by atoms with Crippen LogP contribution in [0, 0.1) is 5.41 Å². The van der Waals surface area contributed by atoms with Gasteiger partial charge in [-0.1, -0.05) is 0 Å². The summed E-state index contributed by atoms with van der Waals surface area (Å²) in [7, 11) is 3.19. The number of hydrogen-bond donors (Lipinski definition) is 0. The molecule has 3 saturated carbocycles. The zero-order valence-electron chi connectivity index (χ0n) is 19.3. The van der Waals surface area contributed by atoms with Gasteiger partial charge in [-0.15, -0.1) is 0 Å². The van der Waals surface area contributed by atoms with E-state index < -0.39 is 22.6 Å². The summed E-state index contributed by atoms with van der Waals surface area (Å²) in [5.41, 5.74) is -1.29. The normalized spacial score (nSPS) is 30.1. The molecule has 0 amide bonds. The second kappa shape index (κ2) is 7.22. The molecule has 4 aliphatic rings. The number of ether oxygens (including phenoxy) is 1. The van der Waals surface area contributed by atoms with E-state index in [0.717, 1.165) is 5.56 Å². The quantitative estimate of drug-likeness (QED) is 0.564. The number of hydrogen-bond acceptors (Lipinski definition) is 6. The van der Waals surface area contributed by atoms with Gasteiger partial charge in [0, 0.05) is 49.7 Å². The van der Waals surface area contributed by atoms with Crippen molar-refractivity contribution in [2.45, 2.75) is 55.7 Å². The maximum absolute atomic E-state index is 13.5. The third-order valence-corrected chi connectivity index (χ3v) is 8.08. The predicted octanol–water partition coefficient (Wildman–Crippen LogP) is 3.04. The highest BCUT2D eigenvalue weighted by Crippen LogP contribution is 2.78. The van der Waals surface area contributed by atoms with Crippen LogP contribution in [0.3, 0.4) is 0 Å². The largest absolute Gasteiger partial charge is 0.394 e. The maximum Gasteiger partial charge on any atom is 0.394 e. The molecular formula is C24H24F3N5O3. The number of aromatic nitrogens is 5. The van der Waals surface area contributed by atoms with Crippen molar-refractivity contribution in [2.24, 2.45) is 19.5 Å². The van der Waals surface area contributed by atoms with E-state index >= 15 is 0 Å². The van der Waals surface area contributed by atoms with Crippen LogP contribution in [0.1, 0.15) is 61.2 Å². The summed E-state index contributed by atoms with van der Waals surface area (Å²) in [6, 6.07) is 3.23. The van der Waals surface area contributed by atoms with Crippen molar-refractivity contribution in [3.05, 3.63) is 62.3 Å². The van der Waals surface area contributed by atoms with Crippen LogP contribution in [0.15, 0.2) is 34.1 Å². The smallest absolute Gasteiger partial charge is 0.373 e. The van der Waals surface area contributed by atoms with Crippen molar-refractivity contribution in [3.63, 3.8) is 0 Å². The van der Waals surface area contributed by atoms with E-state index in [1.807, 2.05) is 0 Å². The van der Waals surface area contributed by atoms with Gasteiger partial charge in [0.25, 0.3) is 5.56 Å². The molecule has 3 aromatic heterocycles. The monoisotopic (exact) mass is 487 g/mol. The average Bonchev–Trinajstić information content (AvgIpc) is 2.75. The van der Waals surface area contributed by atoms with Crippen LogP contribution >= 0.6 is 0 Å². The molecule has 0 spiro atoms. The minimum atomic E-state index is -4.24. The Hall–Kier alpha value is -3.08. The van der Waals surface area contributed by atoms with Gasteiger partial charge in [-0.05, 0) is 43.7 Å². The first-order valence-corrected chi connectivity index (χ1v) is 11.6. The molecule has 0 radical (unpaired) electrons. The van der Waals surface area contributed by atoms with Crippen LogP contribution in [-0.4, -0.2) is 37.1 Å². The van der Waals surface area contributed by atoms with Crippen LogP contribution < -0.4 is 11.1 Å². The lowest BCUT2D eigenvalue weighted by Crippen LogP contribution is -2.70. The Labute approximate surface area is 197 Å². The Morgan fingerprint density at radius 1 is 1.11 bits per heavy atom. The van der Waals surface area contributed by atoms with Gasteiger partial charge in [0.05, 0.1) is 23.4 Å². The molecule has 4 heterocycles. The molecule has 11 heteroatoms. The first kappa shape index (κ1) is 22.4. The molecule has 3 aliphatic carbocycles. The van der Waals surface area contributed by atoms with Gasteiger partial charge in [0.15, 0.2) is 0 Å². The molecule has 4 fully saturated rings.